The maximum Gasteiger partial charge on any atom is 0.490 e. The molecule has 1 aromatic heterocycles. The van der Waals surface area contributed by atoms with Crippen molar-refractivity contribution in [2.24, 2.45) is 0 Å². The zero-order valence-electron chi connectivity index (χ0n) is 14.7. The molecule has 1 heterocycles. The van der Waals surface area contributed by atoms with Crippen molar-refractivity contribution in [2.75, 3.05) is 18.1 Å². The standard InChI is InChI=1S/C14H19NO3S3.C2HF3O2/c16-12(17)5-7-20-21-8-6-15-14(18)13-11-4-2-1-3-10(11)9-19-13;3-2(4,5)1(6)7/h9H,1-8H2,(H,15,18)(H,16,17);(H,6,7). The number of carbonyl (C=O) groups is 3. The van der Waals surface area contributed by atoms with Crippen molar-refractivity contribution in [1.82, 2.24) is 5.32 Å². The summed E-state index contributed by atoms with van der Waals surface area (Å²) in [5.74, 6) is -2.08. The summed E-state index contributed by atoms with van der Waals surface area (Å²) in [5.41, 5.74) is 2.61. The lowest BCUT2D eigenvalue weighted by Crippen LogP contribution is -2.26. The Balaban J connectivity index is 0.000000480. The Morgan fingerprint density at radius 3 is 2.32 bits per heavy atom. The summed E-state index contributed by atoms with van der Waals surface area (Å²) in [4.78, 5) is 32.3. The molecule has 0 saturated heterocycles. The maximum atomic E-state index is 12.2. The zero-order chi connectivity index (χ0) is 21.2. The number of carboxylic acid groups (broad SMARTS) is 2. The van der Waals surface area contributed by atoms with Gasteiger partial charge in [-0.2, -0.15) is 13.2 Å². The molecule has 0 unspecified atom stereocenters. The van der Waals surface area contributed by atoms with Gasteiger partial charge < -0.3 is 15.5 Å². The van der Waals surface area contributed by atoms with Gasteiger partial charge in [0, 0.05) is 18.1 Å². The van der Waals surface area contributed by atoms with Crippen LogP contribution in [0.25, 0.3) is 0 Å². The van der Waals surface area contributed by atoms with Gasteiger partial charge in [0.15, 0.2) is 0 Å². The molecule has 2 rings (SSSR count). The number of hydrogen-bond donors (Lipinski definition) is 3. The molecule has 1 amide bonds. The van der Waals surface area contributed by atoms with Crippen LogP contribution in [0, 0.1) is 0 Å². The second-order valence-electron chi connectivity index (χ2n) is 5.62. The topological polar surface area (TPSA) is 104 Å². The van der Waals surface area contributed by atoms with Crippen LogP contribution in [0.2, 0.25) is 0 Å². The average Bonchev–Trinajstić information content (AvgIpc) is 3.04. The number of alkyl halides is 3. The molecule has 6 nitrogen and oxygen atoms in total. The molecule has 1 aliphatic rings. The molecule has 0 bridgehead atoms. The fourth-order valence-electron chi connectivity index (χ4n) is 2.24. The van der Waals surface area contributed by atoms with E-state index in [-0.39, 0.29) is 12.3 Å². The molecule has 0 fully saturated rings. The number of aliphatic carboxylic acids is 2. The van der Waals surface area contributed by atoms with Crippen molar-refractivity contribution in [2.45, 2.75) is 38.3 Å². The molecule has 158 valence electrons. The molecular formula is C16H20F3NO5S3. The lowest BCUT2D eigenvalue weighted by molar-refractivity contribution is -0.192. The van der Waals surface area contributed by atoms with Gasteiger partial charge in [0.1, 0.15) is 0 Å². The number of rotatable bonds is 8. The van der Waals surface area contributed by atoms with Crippen LogP contribution in [0.5, 0.6) is 0 Å². The van der Waals surface area contributed by atoms with Gasteiger partial charge in [-0.05, 0) is 42.2 Å². The Morgan fingerprint density at radius 2 is 1.71 bits per heavy atom. The largest absolute Gasteiger partial charge is 0.490 e. The zero-order valence-corrected chi connectivity index (χ0v) is 17.2. The molecule has 3 N–H and O–H groups in total. The fourth-order valence-corrected chi connectivity index (χ4v) is 5.20. The smallest absolute Gasteiger partial charge is 0.481 e. The maximum absolute atomic E-state index is 12.2. The van der Waals surface area contributed by atoms with Gasteiger partial charge in [-0.3, -0.25) is 9.59 Å². The molecule has 28 heavy (non-hydrogen) atoms. The number of nitrogens with one attached hydrogen (secondary N) is 1. The number of carboxylic acids is 2. The molecule has 0 aliphatic heterocycles. The number of carbonyl (C=O) groups excluding carboxylic acids is 1. The second kappa shape index (κ2) is 12.2. The number of halogens is 3. The van der Waals surface area contributed by atoms with Crippen molar-refractivity contribution in [3.63, 3.8) is 0 Å². The normalized spacial score (nSPS) is 13.1. The molecule has 12 heteroatoms. The first kappa shape index (κ1) is 24.6. The van der Waals surface area contributed by atoms with Crippen LogP contribution in [-0.2, 0) is 22.4 Å². The molecule has 1 aromatic rings. The van der Waals surface area contributed by atoms with Gasteiger partial charge in [-0.25, -0.2) is 4.79 Å². The Hall–Kier alpha value is -1.40. The molecule has 0 spiro atoms. The van der Waals surface area contributed by atoms with Crippen LogP contribution in [0.3, 0.4) is 0 Å². The van der Waals surface area contributed by atoms with Gasteiger partial charge in [-0.15, -0.1) is 11.3 Å². The predicted molar refractivity (Wildman–Crippen MR) is 104 cm³/mol. The van der Waals surface area contributed by atoms with E-state index in [0.717, 1.165) is 23.5 Å². The van der Waals surface area contributed by atoms with Crippen LogP contribution in [0.15, 0.2) is 5.38 Å². The number of amides is 1. The van der Waals surface area contributed by atoms with Gasteiger partial charge in [-0.1, -0.05) is 21.6 Å². The van der Waals surface area contributed by atoms with E-state index in [1.807, 2.05) is 0 Å². The summed E-state index contributed by atoms with van der Waals surface area (Å²) in [5, 5.41) is 20.7. The highest BCUT2D eigenvalue weighted by atomic mass is 33.1. The second-order valence-corrected chi connectivity index (χ2v) is 9.20. The highest BCUT2D eigenvalue weighted by molar-refractivity contribution is 8.76. The van der Waals surface area contributed by atoms with Gasteiger partial charge >= 0.3 is 18.1 Å². The molecule has 0 atom stereocenters. The molecule has 0 saturated carbocycles. The van der Waals surface area contributed by atoms with Crippen LogP contribution in [0.1, 0.15) is 40.1 Å². The lowest BCUT2D eigenvalue weighted by atomic mass is 9.94. The highest BCUT2D eigenvalue weighted by Gasteiger charge is 2.38. The van der Waals surface area contributed by atoms with E-state index in [9.17, 15) is 22.8 Å². The Morgan fingerprint density at radius 1 is 1.11 bits per heavy atom. The monoisotopic (exact) mass is 459 g/mol. The first-order valence-corrected chi connectivity index (χ1v) is 11.6. The van der Waals surface area contributed by atoms with Crippen molar-refractivity contribution in [1.29, 1.82) is 0 Å². The van der Waals surface area contributed by atoms with Crippen molar-refractivity contribution in [3.05, 3.63) is 21.4 Å². The number of hydrogen-bond acceptors (Lipinski definition) is 6. The summed E-state index contributed by atoms with van der Waals surface area (Å²) < 4.78 is 31.7. The quantitative estimate of drug-likeness (QED) is 0.401. The molecule has 0 radical (unpaired) electrons. The molecule has 0 aromatic carbocycles. The van der Waals surface area contributed by atoms with Crippen molar-refractivity contribution >= 4 is 50.8 Å². The third kappa shape index (κ3) is 9.20. The van der Waals surface area contributed by atoms with Crippen LogP contribution in [0.4, 0.5) is 13.2 Å². The van der Waals surface area contributed by atoms with E-state index >= 15 is 0 Å². The van der Waals surface area contributed by atoms with E-state index < -0.39 is 18.1 Å². The minimum Gasteiger partial charge on any atom is -0.481 e. The summed E-state index contributed by atoms with van der Waals surface area (Å²) in [6.07, 6.45) is -0.350. The van der Waals surface area contributed by atoms with Crippen LogP contribution < -0.4 is 5.32 Å². The number of fused-ring (bicyclic) bond motifs is 1. The Kier molecular flexibility index (Phi) is 10.8. The minimum atomic E-state index is -5.08. The third-order valence-electron chi connectivity index (χ3n) is 3.51. The van der Waals surface area contributed by atoms with Crippen molar-refractivity contribution < 1.29 is 37.8 Å². The predicted octanol–water partition coefficient (Wildman–Crippen LogP) is 3.85. The van der Waals surface area contributed by atoms with Gasteiger partial charge in [0.05, 0.1) is 11.3 Å². The SMILES string of the molecule is O=C(O)C(F)(F)F.O=C(O)CCSSCCNC(=O)c1scc2c1CCCC2. The van der Waals surface area contributed by atoms with E-state index in [1.54, 1.807) is 32.9 Å². The van der Waals surface area contributed by atoms with Crippen LogP contribution in [-0.4, -0.2) is 52.3 Å². The van der Waals surface area contributed by atoms with Crippen molar-refractivity contribution in [3.8, 4) is 0 Å². The van der Waals surface area contributed by atoms with E-state index in [2.05, 4.69) is 10.7 Å². The average molecular weight is 460 g/mol. The Bertz CT molecular complexity index is 679. The minimum absolute atomic E-state index is 0.0410. The first-order chi connectivity index (χ1) is 13.1. The van der Waals surface area contributed by atoms with E-state index in [4.69, 9.17) is 15.0 Å². The Labute approximate surface area is 171 Å². The highest BCUT2D eigenvalue weighted by Crippen LogP contribution is 2.29. The molecular weight excluding hydrogens is 439 g/mol. The summed E-state index contributed by atoms with van der Waals surface area (Å²) in [7, 11) is 3.15. The first-order valence-electron chi connectivity index (χ1n) is 8.26. The van der Waals surface area contributed by atoms with E-state index in [1.165, 1.54) is 24.0 Å². The summed E-state index contributed by atoms with van der Waals surface area (Å²) in [6.45, 7) is 0.621. The lowest BCUT2D eigenvalue weighted by Gasteiger charge is -2.12. The third-order valence-corrected chi connectivity index (χ3v) is 6.98. The van der Waals surface area contributed by atoms with Gasteiger partial charge in [0.2, 0.25) is 0 Å². The summed E-state index contributed by atoms with van der Waals surface area (Å²) >= 11 is 1.56. The fraction of sp³-hybridized carbons (Fsp3) is 0.562. The van der Waals surface area contributed by atoms with Gasteiger partial charge in [0.25, 0.3) is 5.91 Å². The number of aryl methyl sites for hydroxylation is 1. The number of thiophene rings is 1. The molecule has 1 aliphatic carbocycles. The van der Waals surface area contributed by atoms with E-state index in [0.29, 0.717) is 12.3 Å². The summed E-state index contributed by atoms with van der Waals surface area (Å²) in [6, 6.07) is 0. The van der Waals surface area contributed by atoms with Crippen LogP contribution >= 0.6 is 32.9 Å².